The fourth-order valence-corrected chi connectivity index (χ4v) is 4.77. The Morgan fingerprint density at radius 3 is 2.31 bits per heavy atom. The summed E-state index contributed by atoms with van der Waals surface area (Å²) >= 11 is 6.02. The number of hydrogen-bond donors (Lipinski definition) is 0. The standard InChI is InChI=1S/C19H23ClN2O3S/c1-14-4-7-19(25-3)18(12-14)21-8-10-22(11-9-21)26(23,24)16-5-6-17(20)15(2)13-16/h4-7,12-13H,8-11H2,1-3H3. The molecule has 0 saturated carbocycles. The zero-order chi connectivity index (χ0) is 18.9. The number of piperazine rings is 1. The van der Waals surface area contributed by atoms with E-state index in [9.17, 15) is 8.42 Å². The van der Waals surface area contributed by atoms with Crippen molar-refractivity contribution < 1.29 is 13.2 Å². The summed E-state index contributed by atoms with van der Waals surface area (Å²) in [5.41, 5.74) is 2.91. The van der Waals surface area contributed by atoms with E-state index in [0.717, 1.165) is 22.6 Å². The lowest BCUT2D eigenvalue weighted by atomic mass is 10.1. The van der Waals surface area contributed by atoms with Crippen LogP contribution in [0.25, 0.3) is 0 Å². The van der Waals surface area contributed by atoms with Crippen LogP contribution in [0.5, 0.6) is 5.75 Å². The normalized spacial score (nSPS) is 15.9. The monoisotopic (exact) mass is 394 g/mol. The molecule has 3 rings (SSSR count). The average molecular weight is 395 g/mol. The van der Waals surface area contributed by atoms with Crippen molar-refractivity contribution in [1.82, 2.24) is 4.31 Å². The maximum absolute atomic E-state index is 12.9. The Hall–Kier alpha value is -1.76. The van der Waals surface area contributed by atoms with E-state index in [1.165, 1.54) is 4.31 Å². The van der Waals surface area contributed by atoms with Gasteiger partial charge in [0.25, 0.3) is 0 Å². The molecule has 26 heavy (non-hydrogen) atoms. The summed E-state index contributed by atoms with van der Waals surface area (Å²) < 4.78 is 32.8. The zero-order valence-corrected chi connectivity index (χ0v) is 16.8. The predicted octanol–water partition coefficient (Wildman–Crippen LogP) is 3.48. The maximum atomic E-state index is 12.9. The van der Waals surface area contributed by atoms with Crippen molar-refractivity contribution in [1.29, 1.82) is 0 Å². The van der Waals surface area contributed by atoms with Crippen molar-refractivity contribution in [3.05, 3.63) is 52.5 Å². The number of methoxy groups -OCH3 is 1. The smallest absolute Gasteiger partial charge is 0.243 e. The first kappa shape index (κ1) is 19.0. The number of halogens is 1. The number of ether oxygens (including phenoxy) is 1. The van der Waals surface area contributed by atoms with Gasteiger partial charge in [0.05, 0.1) is 17.7 Å². The molecule has 2 aromatic carbocycles. The van der Waals surface area contributed by atoms with Crippen molar-refractivity contribution in [3.63, 3.8) is 0 Å². The first-order valence-electron chi connectivity index (χ1n) is 8.49. The molecule has 1 saturated heterocycles. The molecule has 0 bridgehead atoms. The highest BCUT2D eigenvalue weighted by Crippen LogP contribution is 2.31. The third-order valence-corrected chi connectivity index (χ3v) is 7.00. The van der Waals surface area contributed by atoms with Gasteiger partial charge in [-0.05, 0) is 55.3 Å². The molecule has 5 nitrogen and oxygen atoms in total. The van der Waals surface area contributed by atoms with Crippen molar-refractivity contribution in [2.45, 2.75) is 18.7 Å². The van der Waals surface area contributed by atoms with Gasteiger partial charge in [0.2, 0.25) is 10.0 Å². The average Bonchev–Trinajstić information content (AvgIpc) is 2.64. The summed E-state index contributed by atoms with van der Waals surface area (Å²) in [6.45, 7) is 5.94. The first-order chi connectivity index (χ1) is 12.3. The third-order valence-electron chi connectivity index (χ3n) is 4.68. The first-order valence-corrected chi connectivity index (χ1v) is 10.3. The van der Waals surface area contributed by atoms with Crippen LogP contribution in [0.1, 0.15) is 11.1 Å². The summed E-state index contributed by atoms with van der Waals surface area (Å²) in [7, 11) is -1.86. The molecule has 0 amide bonds. The molecular formula is C19H23ClN2O3S. The van der Waals surface area contributed by atoms with Gasteiger partial charge in [-0.2, -0.15) is 4.31 Å². The molecule has 0 aliphatic carbocycles. The largest absolute Gasteiger partial charge is 0.495 e. The fourth-order valence-electron chi connectivity index (χ4n) is 3.14. The lowest BCUT2D eigenvalue weighted by Crippen LogP contribution is -2.48. The van der Waals surface area contributed by atoms with Gasteiger partial charge in [0, 0.05) is 31.2 Å². The van der Waals surface area contributed by atoms with Crippen LogP contribution in [-0.2, 0) is 10.0 Å². The van der Waals surface area contributed by atoms with Crippen LogP contribution in [0, 0.1) is 13.8 Å². The molecular weight excluding hydrogens is 372 g/mol. The minimum atomic E-state index is -3.51. The van der Waals surface area contributed by atoms with Crippen LogP contribution in [0.15, 0.2) is 41.3 Å². The van der Waals surface area contributed by atoms with E-state index in [2.05, 4.69) is 11.0 Å². The van der Waals surface area contributed by atoms with Gasteiger partial charge < -0.3 is 9.64 Å². The summed E-state index contributed by atoms with van der Waals surface area (Å²) in [5.74, 6) is 0.806. The highest BCUT2D eigenvalue weighted by Gasteiger charge is 2.29. The molecule has 0 spiro atoms. The Morgan fingerprint density at radius 1 is 1.00 bits per heavy atom. The van der Waals surface area contributed by atoms with E-state index in [1.54, 1.807) is 25.3 Å². The minimum Gasteiger partial charge on any atom is -0.495 e. The molecule has 0 aromatic heterocycles. The van der Waals surface area contributed by atoms with Crippen LogP contribution >= 0.6 is 11.6 Å². The molecule has 140 valence electrons. The zero-order valence-electron chi connectivity index (χ0n) is 15.2. The van der Waals surface area contributed by atoms with Crippen LogP contribution in [0.2, 0.25) is 5.02 Å². The number of nitrogens with zero attached hydrogens (tertiary/aromatic N) is 2. The molecule has 0 unspecified atom stereocenters. The van der Waals surface area contributed by atoms with E-state index < -0.39 is 10.0 Å². The quantitative estimate of drug-likeness (QED) is 0.796. The second-order valence-electron chi connectivity index (χ2n) is 6.48. The second kappa shape index (κ2) is 7.47. The Balaban J connectivity index is 1.78. The lowest BCUT2D eigenvalue weighted by Gasteiger charge is -2.36. The van der Waals surface area contributed by atoms with Crippen molar-refractivity contribution in [2.75, 3.05) is 38.2 Å². The van der Waals surface area contributed by atoms with E-state index in [0.29, 0.717) is 36.1 Å². The minimum absolute atomic E-state index is 0.293. The SMILES string of the molecule is COc1ccc(C)cc1N1CCN(S(=O)(=O)c2ccc(Cl)c(C)c2)CC1. The molecule has 7 heteroatoms. The summed E-state index contributed by atoms with van der Waals surface area (Å²) in [6, 6.07) is 10.9. The topological polar surface area (TPSA) is 49.9 Å². The van der Waals surface area contributed by atoms with Gasteiger partial charge in [-0.15, -0.1) is 0 Å². The predicted molar refractivity (Wildman–Crippen MR) is 105 cm³/mol. The number of benzene rings is 2. The fraction of sp³-hybridized carbons (Fsp3) is 0.368. The number of sulfonamides is 1. The van der Waals surface area contributed by atoms with Crippen LogP contribution in [0.3, 0.4) is 0 Å². The van der Waals surface area contributed by atoms with Gasteiger partial charge in [0.1, 0.15) is 5.75 Å². The number of anilines is 1. The number of rotatable bonds is 4. The molecule has 1 fully saturated rings. The second-order valence-corrected chi connectivity index (χ2v) is 8.82. The van der Waals surface area contributed by atoms with Crippen LogP contribution in [0.4, 0.5) is 5.69 Å². The van der Waals surface area contributed by atoms with Crippen molar-refractivity contribution in [3.8, 4) is 5.75 Å². The highest BCUT2D eigenvalue weighted by molar-refractivity contribution is 7.89. The maximum Gasteiger partial charge on any atom is 0.243 e. The van der Waals surface area contributed by atoms with Crippen molar-refractivity contribution >= 4 is 27.3 Å². The van der Waals surface area contributed by atoms with Crippen molar-refractivity contribution in [2.24, 2.45) is 0 Å². The lowest BCUT2D eigenvalue weighted by molar-refractivity contribution is 0.378. The van der Waals surface area contributed by atoms with Gasteiger partial charge >= 0.3 is 0 Å². The molecule has 1 aliphatic heterocycles. The molecule has 0 radical (unpaired) electrons. The van der Waals surface area contributed by atoms with Crippen LogP contribution in [-0.4, -0.2) is 46.0 Å². The Kier molecular flexibility index (Phi) is 5.46. The number of hydrogen-bond acceptors (Lipinski definition) is 4. The molecule has 1 heterocycles. The molecule has 0 N–H and O–H groups in total. The molecule has 1 aliphatic rings. The number of aryl methyl sites for hydroxylation is 2. The third kappa shape index (κ3) is 3.68. The molecule has 0 atom stereocenters. The van der Waals surface area contributed by atoms with E-state index in [1.807, 2.05) is 26.0 Å². The molecule has 2 aromatic rings. The van der Waals surface area contributed by atoms with Crippen LogP contribution < -0.4 is 9.64 Å². The van der Waals surface area contributed by atoms with E-state index in [4.69, 9.17) is 16.3 Å². The van der Waals surface area contributed by atoms with Gasteiger partial charge in [-0.1, -0.05) is 17.7 Å². The summed E-state index contributed by atoms with van der Waals surface area (Å²) in [4.78, 5) is 2.46. The summed E-state index contributed by atoms with van der Waals surface area (Å²) in [6.07, 6.45) is 0. The Morgan fingerprint density at radius 2 is 1.69 bits per heavy atom. The van der Waals surface area contributed by atoms with Gasteiger partial charge in [0.15, 0.2) is 0 Å². The summed E-state index contributed by atoms with van der Waals surface area (Å²) in [5, 5.41) is 0.570. The van der Waals surface area contributed by atoms with E-state index in [-0.39, 0.29) is 0 Å². The van der Waals surface area contributed by atoms with Gasteiger partial charge in [-0.25, -0.2) is 8.42 Å². The Bertz CT molecular complexity index is 907. The van der Waals surface area contributed by atoms with E-state index >= 15 is 0 Å². The van der Waals surface area contributed by atoms with Gasteiger partial charge in [-0.3, -0.25) is 0 Å². The Labute approximate surface area is 160 Å². The highest BCUT2D eigenvalue weighted by atomic mass is 35.5.